The number of nitrogens with one attached hydrogen (secondary N) is 1. The van der Waals surface area contributed by atoms with Crippen LogP contribution in [0.4, 0.5) is 4.79 Å². The summed E-state index contributed by atoms with van der Waals surface area (Å²) in [6.07, 6.45) is 7.33. The van der Waals surface area contributed by atoms with Gasteiger partial charge in [-0.05, 0) is 42.3 Å². The van der Waals surface area contributed by atoms with Crippen LogP contribution in [0.5, 0.6) is 17.2 Å². The second-order valence-corrected chi connectivity index (χ2v) is 8.18. The molecule has 0 aromatic heterocycles. The fraction of sp³-hybridized carbons (Fsp3) is 0.240. The summed E-state index contributed by atoms with van der Waals surface area (Å²) in [4.78, 5) is 39.1. The first-order valence-corrected chi connectivity index (χ1v) is 11.3. The smallest absolute Gasteiger partial charge is 0.331 e. The van der Waals surface area contributed by atoms with Crippen LogP contribution < -0.4 is 19.5 Å². The van der Waals surface area contributed by atoms with E-state index >= 15 is 0 Å². The van der Waals surface area contributed by atoms with Gasteiger partial charge in [-0.25, -0.2) is 4.79 Å². The summed E-state index contributed by atoms with van der Waals surface area (Å²) in [5, 5.41) is 2.57. The maximum Gasteiger partial charge on any atom is 0.331 e. The Hall–Kier alpha value is -3.67. The van der Waals surface area contributed by atoms with Crippen molar-refractivity contribution in [3.05, 3.63) is 57.1 Å². The van der Waals surface area contributed by atoms with Gasteiger partial charge in [0, 0.05) is 10.6 Å². The molecular formula is C25H22Cl2N2O6. The Bertz CT molecular complexity index is 1240. The zero-order valence-electron chi connectivity index (χ0n) is 19.0. The molecule has 35 heavy (non-hydrogen) atoms. The molecule has 1 aliphatic heterocycles. The molecule has 1 heterocycles. The molecule has 1 fully saturated rings. The second kappa shape index (κ2) is 11.6. The molecule has 2 aromatic rings. The number of imide groups is 2. The molecule has 0 aliphatic carbocycles. The third-order valence-electron chi connectivity index (χ3n) is 4.85. The molecule has 4 amide bonds. The van der Waals surface area contributed by atoms with E-state index in [4.69, 9.17) is 43.8 Å². The zero-order valence-corrected chi connectivity index (χ0v) is 20.5. The van der Waals surface area contributed by atoms with E-state index in [2.05, 4.69) is 11.2 Å². The summed E-state index contributed by atoms with van der Waals surface area (Å²) in [7, 11) is 1.49. The van der Waals surface area contributed by atoms with Gasteiger partial charge in [0.2, 0.25) is 0 Å². The van der Waals surface area contributed by atoms with E-state index in [0.717, 1.165) is 11.3 Å². The molecule has 0 spiro atoms. The van der Waals surface area contributed by atoms with E-state index in [9.17, 15) is 14.4 Å². The van der Waals surface area contributed by atoms with Crippen LogP contribution in [-0.2, 0) is 16.1 Å². The van der Waals surface area contributed by atoms with Crippen LogP contribution in [0.25, 0.3) is 6.08 Å². The van der Waals surface area contributed by atoms with Crippen molar-refractivity contribution in [2.75, 3.05) is 20.3 Å². The second-order valence-electron chi connectivity index (χ2n) is 7.34. The highest BCUT2D eigenvalue weighted by atomic mass is 35.5. The maximum absolute atomic E-state index is 13.2. The number of urea groups is 1. The minimum Gasteiger partial charge on any atom is -0.493 e. The number of hydrogen-bond donors (Lipinski definition) is 1. The van der Waals surface area contributed by atoms with E-state index in [0.29, 0.717) is 23.7 Å². The number of hydrogen-bond acceptors (Lipinski definition) is 6. The molecule has 0 radical (unpaired) electrons. The van der Waals surface area contributed by atoms with Crippen molar-refractivity contribution in [2.24, 2.45) is 0 Å². The zero-order chi connectivity index (χ0) is 25.5. The summed E-state index contributed by atoms with van der Waals surface area (Å²) < 4.78 is 16.5. The predicted octanol–water partition coefficient (Wildman–Crippen LogP) is 4.46. The first kappa shape index (κ1) is 25.9. The third kappa shape index (κ3) is 6.07. The first-order chi connectivity index (χ1) is 16.8. The van der Waals surface area contributed by atoms with Crippen molar-refractivity contribution in [3.63, 3.8) is 0 Å². The van der Waals surface area contributed by atoms with Gasteiger partial charge in [0.05, 0.1) is 25.3 Å². The van der Waals surface area contributed by atoms with Crippen LogP contribution in [0, 0.1) is 12.3 Å². The van der Waals surface area contributed by atoms with Crippen LogP contribution in [0.2, 0.25) is 10.0 Å². The van der Waals surface area contributed by atoms with Crippen molar-refractivity contribution in [3.8, 4) is 29.6 Å². The molecule has 0 atom stereocenters. The number of halogens is 2. The molecule has 8 nitrogen and oxygen atoms in total. The molecule has 1 saturated heterocycles. The van der Waals surface area contributed by atoms with Crippen molar-refractivity contribution in [1.82, 2.24) is 10.2 Å². The minimum absolute atomic E-state index is 0.0952. The van der Waals surface area contributed by atoms with Crippen LogP contribution in [0.3, 0.4) is 0 Å². The molecule has 0 unspecified atom stereocenters. The lowest BCUT2D eigenvalue weighted by Crippen LogP contribution is -2.53. The Labute approximate surface area is 212 Å². The Balaban J connectivity index is 1.94. The van der Waals surface area contributed by atoms with Gasteiger partial charge in [0.25, 0.3) is 11.8 Å². The van der Waals surface area contributed by atoms with Gasteiger partial charge in [0.15, 0.2) is 11.5 Å². The number of nitrogens with zero attached hydrogens (tertiary/aromatic N) is 1. The lowest BCUT2D eigenvalue weighted by Gasteiger charge is -2.27. The number of rotatable bonds is 9. The van der Waals surface area contributed by atoms with Crippen LogP contribution in [0.15, 0.2) is 35.9 Å². The Morgan fingerprint density at radius 2 is 1.89 bits per heavy atom. The fourth-order valence-corrected chi connectivity index (χ4v) is 3.83. The maximum atomic E-state index is 13.2. The number of benzene rings is 2. The van der Waals surface area contributed by atoms with Gasteiger partial charge in [-0.2, -0.15) is 0 Å². The Morgan fingerprint density at radius 1 is 1.11 bits per heavy atom. The molecule has 2 aromatic carbocycles. The van der Waals surface area contributed by atoms with Crippen molar-refractivity contribution in [1.29, 1.82) is 0 Å². The van der Waals surface area contributed by atoms with Crippen molar-refractivity contribution < 1.29 is 28.6 Å². The largest absolute Gasteiger partial charge is 0.493 e. The van der Waals surface area contributed by atoms with Gasteiger partial charge in [0.1, 0.15) is 17.9 Å². The quantitative estimate of drug-likeness (QED) is 0.300. The highest BCUT2D eigenvalue weighted by Crippen LogP contribution is 2.35. The highest BCUT2D eigenvalue weighted by Gasteiger charge is 2.36. The standard InChI is InChI=1S/C25H22Cl2N2O6/c1-4-8-34-20-7-6-15(10-21(20)33-3)14-29-24(31)18(23(30)28-25(29)32)12-16-11-17(26)13-19(27)22(16)35-9-5-2/h2,6-7,10-13H,4,8-9,14H2,1,3H3,(H,28,30,32)/b18-12+. The number of ether oxygens (including phenoxy) is 3. The third-order valence-corrected chi connectivity index (χ3v) is 5.35. The number of barbiturate groups is 1. The Morgan fingerprint density at radius 3 is 2.57 bits per heavy atom. The highest BCUT2D eigenvalue weighted by molar-refractivity contribution is 6.36. The first-order valence-electron chi connectivity index (χ1n) is 10.5. The van der Waals surface area contributed by atoms with Gasteiger partial charge in [-0.1, -0.05) is 42.1 Å². The lowest BCUT2D eigenvalue weighted by atomic mass is 10.1. The van der Waals surface area contributed by atoms with E-state index in [1.54, 1.807) is 18.2 Å². The fourth-order valence-electron chi connectivity index (χ4n) is 3.27. The van der Waals surface area contributed by atoms with Gasteiger partial charge >= 0.3 is 6.03 Å². The molecule has 10 heteroatoms. The van der Waals surface area contributed by atoms with Gasteiger partial charge < -0.3 is 14.2 Å². The van der Waals surface area contributed by atoms with Crippen LogP contribution in [0.1, 0.15) is 24.5 Å². The number of terminal acetylenes is 1. The van der Waals surface area contributed by atoms with E-state index in [-0.39, 0.29) is 40.1 Å². The van der Waals surface area contributed by atoms with Gasteiger partial charge in [-0.15, -0.1) is 6.42 Å². The van der Waals surface area contributed by atoms with Crippen LogP contribution >= 0.6 is 23.2 Å². The molecule has 3 rings (SSSR count). The molecule has 1 N–H and O–H groups in total. The molecule has 1 aliphatic rings. The molecule has 182 valence electrons. The number of amides is 4. The summed E-state index contributed by atoms with van der Waals surface area (Å²) in [6, 6.07) is 7.12. The average molecular weight is 517 g/mol. The topological polar surface area (TPSA) is 94.2 Å². The van der Waals surface area contributed by atoms with Gasteiger partial charge in [-0.3, -0.25) is 19.8 Å². The average Bonchev–Trinajstić information content (AvgIpc) is 2.82. The number of carbonyl (C=O) groups is 3. The SMILES string of the molecule is C#CCOc1c(Cl)cc(Cl)cc1/C=C1\C(=O)NC(=O)N(Cc2ccc(OCCC)c(OC)c2)C1=O. The monoisotopic (exact) mass is 516 g/mol. The minimum atomic E-state index is -0.865. The summed E-state index contributed by atoms with van der Waals surface area (Å²) in [6.45, 7) is 2.29. The van der Waals surface area contributed by atoms with Crippen molar-refractivity contribution in [2.45, 2.75) is 19.9 Å². The molecular weight excluding hydrogens is 495 g/mol. The normalized spacial score (nSPS) is 14.5. The lowest BCUT2D eigenvalue weighted by molar-refractivity contribution is -0.130. The summed E-state index contributed by atoms with van der Waals surface area (Å²) >= 11 is 12.3. The predicted molar refractivity (Wildman–Crippen MR) is 132 cm³/mol. The number of carbonyl (C=O) groups excluding carboxylic acids is 3. The Kier molecular flexibility index (Phi) is 8.63. The molecule has 0 saturated carbocycles. The molecule has 0 bridgehead atoms. The van der Waals surface area contributed by atoms with Crippen molar-refractivity contribution >= 4 is 47.1 Å². The summed E-state index contributed by atoms with van der Waals surface area (Å²) in [5.74, 6) is 1.80. The van der Waals surface area contributed by atoms with E-state index < -0.39 is 17.8 Å². The van der Waals surface area contributed by atoms with E-state index in [1.165, 1.54) is 25.3 Å². The number of methoxy groups -OCH3 is 1. The van der Waals surface area contributed by atoms with E-state index in [1.807, 2.05) is 6.92 Å². The van der Waals surface area contributed by atoms with Crippen LogP contribution in [-0.4, -0.2) is 43.1 Å². The summed E-state index contributed by atoms with van der Waals surface area (Å²) in [5.41, 5.74) is 0.541.